The number of halogens is 1. The van der Waals surface area contributed by atoms with Crippen molar-refractivity contribution in [2.45, 2.75) is 11.8 Å². The topological polar surface area (TPSA) is 26.3 Å². The Labute approximate surface area is 128 Å². The number of methoxy groups -OCH3 is 1. The number of hydrogen-bond donors (Lipinski definition) is 0. The van der Waals surface area contributed by atoms with E-state index in [9.17, 15) is 4.79 Å². The summed E-state index contributed by atoms with van der Waals surface area (Å²) in [5.41, 5.74) is 1.82. The summed E-state index contributed by atoms with van der Waals surface area (Å²) in [4.78, 5) is 13.2. The molecule has 2 aromatic carbocycles. The van der Waals surface area contributed by atoms with Gasteiger partial charge >= 0.3 is 0 Å². The van der Waals surface area contributed by atoms with Crippen LogP contribution in [0.2, 0.25) is 5.02 Å². The maximum atomic E-state index is 12.1. The molecule has 2 nitrogen and oxygen atoms in total. The molecule has 0 radical (unpaired) electrons. The van der Waals surface area contributed by atoms with Crippen LogP contribution in [0, 0.1) is 6.92 Å². The number of hydrogen-bond acceptors (Lipinski definition) is 3. The molecule has 0 aliphatic carbocycles. The molecule has 0 bridgehead atoms. The van der Waals surface area contributed by atoms with Crippen LogP contribution in [0.4, 0.5) is 0 Å². The van der Waals surface area contributed by atoms with Gasteiger partial charge in [-0.25, -0.2) is 0 Å². The number of benzene rings is 2. The van der Waals surface area contributed by atoms with E-state index >= 15 is 0 Å². The summed E-state index contributed by atoms with van der Waals surface area (Å²) in [6, 6.07) is 13.2. The third-order valence-corrected chi connectivity index (χ3v) is 4.17. The first-order valence-corrected chi connectivity index (χ1v) is 7.52. The van der Waals surface area contributed by atoms with E-state index in [-0.39, 0.29) is 5.78 Å². The summed E-state index contributed by atoms with van der Waals surface area (Å²) < 4.78 is 5.07. The maximum Gasteiger partial charge on any atom is 0.173 e. The van der Waals surface area contributed by atoms with E-state index in [0.29, 0.717) is 22.1 Å². The number of aryl methyl sites for hydroxylation is 1. The van der Waals surface area contributed by atoms with Crippen molar-refractivity contribution in [1.29, 1.82) is 0 Å². The molecular formula is C16H15ClO2S. The van der Waals surface area contributed by atoms with E-state index in [0.717, 1.165) is 4.90 Å². The smallest absolute Gasteiger partial charge is 0.173 e. The van der Waals surface area contributed by atoms with Gasteiger partial charge in [0.1, 0.15) is 5.75 Å². The Morgan fingerprint density at radius 1 is 1.20 bits per heavy atom. The van der Waals surface area contributed by atoms with Gasteiger partial charge in [0.2, 0.25) is 0 Å². The van der Waals surface area contributed by atoms with E-state index in [2.05, 4.69) is 0 Å². The normalized spacial score (nSPS) is 10.3. The van der Waals surface area contributed by atoms with Crippen LogP contribution in [-0.4, -0.2) is 18.6 Å². The number of thioether (sulfide) groups is 1. The van der Waals surface area contributed by atoms with Crippen molar-refractivity contribution in [2.24, 2.45) is 0 Å². The van der Waals surface area contributed by atoms with Crippen molar-refractivity contribution >= 4 is 29.1 Å². The lowest BCUT2D eigenvalue weighted by molar-refractivity contribution is 0.102. The van der Waals surface area contributed by atoms with Crippen LogP contribution in [0.15, 0.2) is 47.4 Å². The number of carbonyl (C=O) groups is 1. The van der Waals surface area contributed by atoms with Gasteiger partial charge in [-0.2, -0.15) is 0 Å². The van der Waals surface area contributed by atoms with Gasteiger partial charge in [-0.1, -0.05) is 29.3 Å². The first kappa shape index (κ1) is 14.9. The number of ether oxygens (including phenoxy) is 1. The first-order chi connectivity index (χ1) is 9.60. The lowest BCUT2D eigenvalue weighted by Crippen LogP contribution is -2.02. The quantitative estimate of drug-likeness (QED) is 0.595. The van der Waals surface area contributed by atoms with E-state index in [1.165, 1.54) is 17.3 Å². The van der Waals surface area contributed by atoms with Gasteiger partial charge in [0, 0.05) is 10.5 Å². The molecule has 4 heteroatoms. The third-order valence-electron chi connectivity index (χ3n) is 2.86. The average Bonchev–Trinajstić information content (AvgIpc) is 2.46. The first-order valence-electron chi connectivity index (χ1n) is 6.16. The minimum atomic E-state index is 0.0557. The molecule has 0 heterocycles. The zero-order chi connectivity index (χ0) is 14.5. The number of ketones is 1. The largest absolute Gasteiger partial charge is 0.495 e. The van der Waals surface area contributed by atoms with Crippen LogP contribution in [0.3, 0.4) is 0 Å². The predicted molar refractivity (Wildman–Crippen MR) is 84.2 cm³/mol. The fourth-order valence-corrected chi connectivity index (χ4v) is 2.76. The van der Waals surface area contributed by atoms with Crippen LogP contribution < -0.4 is 4.74 Å². The fraction of sp³-hybridized carbons (Fsp3) is 0.188. The van der Waals surface area contributed by atoms with Crippen LogP contribution in [0.1, 0.15) is 15.9 Å². The third kappa shape index (κ3) is 3.78. The van der Waals surface area contributed by atoms with E-state index in [1.54, 1.807) is 25.3 Å². The van der Waals surface area contributed by atoms with Crippen LogP contribution in [0.5, 0.6) is 5.75 Å². The van der Waals surface area contributed by atoms with Gasteiger partial charge in [0.25, 0.3) is 0 Å². The van der Waals surface area contributed by atoms with Crippen molar-refractivity contribution in [2.75, 3.05) is 12.9 Å². The van der Waals surface area contributed by atoms with E-state index in [4.69, 9.17) is 16.3 Å². The molecule has 0 fully saturated rings. The Bertz CT molecular complexity index is 608. The van der Waals surface area contributed by atoms with Crippen LogP contribution in [-0.2, 0) is 0 Å². The van der Waals surface area contributed by atoms with Gasteiger partial charge in [-0.3, -0.25) is 4.79 Å². The minimum Gasteiger partial charge on any atom is -0.495 e. The highest BCUT2D eigenvalue weighted by atomic mass is 35.5. The van der Waals surface area contributed by atoms with Gasteiger partial charge in [0.15, 0.2) is 5.78 Å². The molecule has 0 atom stereocenters. The average molecular weight is 307 g/mol. The van der Waals surface area contributed by atoms with Crippen molar-refractivity contribution in [3.63, 3.8) is 0 Å². The molecule has 0 N–H and O–H groups in total. The van der Waals surface area contributed by atoms with Gasteiger partial charge in [-0.15, -0.1) is 11.8 Å². The molecule has 0 amide bonds. The molecule has 20 heavy (non-hydrogen) atoms. The summed E-state index contributed by atoms with van der Waals surface area (Å²) in [7, 11) is 1.55. The monoisotopic (exact) mass is 306 g/mol. The summed E-state index contributed by atoms with van der Waals surface area (Å²) in [6.07, 6.45) is 0. The summed E-state index contributed by atoms with van der Waals surface area (Å²) in [5.74, 6) is 1.03. The lowest BCUT2D eigenvalue weighted by atomic mass is 10.1. The van der Waals surface area contributed by atoms with Gasteiger partial charge < -0.3 is 4.74 Å². The molecule has 0 aromatic heterocycles. The molecule has 0 saturated heterocycles. The van der Waals surface area contributed by atoms with E-state index in [1.807, 2.05) is 31.2 Å². The minimum absolute atomic E-state index is 0.0557. The van der Waals surface area contributed by atoms with Crippen LogP contribution in [0.25, 0.3) is 0 Å². The fourth-order valence-electron chi connectivity index (χ4n) is 1.71. The standard InChI is InChI=1S/C16H15ClO2S/c1-11-3-6-13(7-4-11)20-10-15(18)12-5-8-16(19-2)14(17)9-12/h3-9H,10H2,1-2H3. The maximum absolute atomic E-state index is 12.1. The Hall–Kier alpha value is -1.45. The molecule has 0 saturated carbocycles. The van der Waals surface area contributed by atoms with Crippen LogP contribution >= 0.6 is 23.4 Å². The Kier molecular flexibility index (Phi) is 5.10. The molecular weight excluding hydrogens is 292 g/mol. The highest BCUT2D eigenvalue weighted by molar-refractivity contribution is 8.00. The summed E-state index contributed by atoms with van der Waals surface area (Å²) >= 11 is 7.55. The SMILES string of the molecule is COc1ccc(C(=O)CSc2ccc(C)cc2)cc1Cl. The highest BCUT2D eigenvalue weighted by Crippen LogP contribution is 2.26. The summed E-state index contributed by atoms with van der Waals surface area (Å²) in [5, 5.41) is 0.457. The van der Waals surface area contributed by atoms with Crippen molar-refractivity contribution in [1.82, 2.24) is 0 Å². The molecule has 0 aliphatic heterocycles. The zero-order valence-electron chi connectivity index (χ0n) is 11.4. The Morgan fingerprint density at radius 3 is 2.50 bits per heavy atom. The number of carbonyl (C=O) groups excluding carboxylic acids is 1. The van der Waals surface area contributed by atoms with Crippen molar-refractivity contribution in [3.8, 4) is 5.75 Å². The van der Waals surface area contributed by atoms with E-state index < -0.39 is 0 Å². The van der Waals surface area contributed by atoms with Gasteiger partial charge in [-0.05, 0) is 37.3 Å². The number of Topliss-reactive ketones (excluding diaryl/α,β-unsaturated/α-hetero) is 1. The van der Waals surface area contributed by atoms with Crippen molar-refractivity contribution in [3.05, 3.63) is 58.6 Å². The highest BCUT2D eigenvalue weighted by Gasteiger charge is 2.09. The molecule has 0 spiro atoms. The second-order valence-electron chi connectivity index (χ2n) is 4.37. The Morgan fingerprint density at radius 2 is 1.90 bits per heavy atom. The second kappa shape index (κ2) is 6.82. The van der Waals surface area contributed by atoms with Crippen molar-refractivity contribution < 1.29 is 9.53 Å². The second-order valence-corrected chi connectivity index (χ2v) is 5.83. The Balaban J connectivity index is 2.01. The molecule has 0 unspecified atom stereocenters. The molecule has 2 rings (SSSR count). The molecule has 0 aliphatic rings. The van der Waals surface area contributed by atoms with Gasteiger partial charge in [0.05, 0.1) is 17.9 Å². The molecule has 104 valence electrons. The number of rotatable bonds is 5. The predicted octanol–water partition coefficient (Wildman–Crippen LogP) is 4.63. The summed E-state index contributed by atoms with van der Waals surface area (Å²) in [6.45, 7) is 2.04. The lowest BCUT2D eigenvalue weighted by Gasteiger charge is -2.06. The molecule has 2 aromatic rings. The zero-order valence-corrected chi connectivity index (χ0v) is 12.9.